The SMILES string of the molecule is COC(=O)N[C@H](C(=O)N1CCC[C@H]1c1ncc(-c2ccc(-c3ccc(-c4ccc5nc([C@@H]6CCCN6C(=O)[C@@H](NC(=O)OC)C(C)C)[nH]c5c4)c4c3C3CCC3C4)s2)[nH]1)C(C)C. The number of carbonyl (C=O) groups is 4. The maximum absolute atomic E-state index is 13.8. The molecule has 4 amide bonds. The summed E-state index contributed by atoms with van der Waals surface area (Å²) in [6.07, 6.45) is 7.46. The fraction of sp³-hybridized carbons (Fsp3) is 0.489. The Hall–Kier alpha value is -5.70. The highest BCUT2D eigenvalue weighted by Gasteiger charge is 2.43. The van der Waals surface area contributed by atoms with Crippen molar-refractivity contribution in [2.75, 3.05) is 27.3 Å². The molecule has 326 valence electrons. The van der Waals surface area contributed by atoms with Crippen molar-refractivity contribution in [2.45, 2.75) is 103 Å². The first-order valence-electron chi connectivity index (χ1n) is 22.0. The van der Waals surface area contributed by atoms with Gasteiger partial charge in [0.25, 0.3) is 0 Å². The Labute approximate surface area is 365 Å². The van der Waals surface area contributed by atoms with Gasteiger partial charge < -0.3 is 39.9 Å². The molecule has 2 aromatic carbocycles. The smallest absolute Gasteiger partial charge is 0.407 e. The molecule has 2 aliphatic carbocycles. The lowest BCUT2D eigenvalue weighted by Gasteiger charge is -2.31. The fourth-order valence-corrected chi connectivity index (χ4v) is 11.3. The van der Waals surface area contributed by atoms with E-state index in [9.17, 15) is 19.2 Å². The molecule has 4 aliphatic rings. The highest BCUT2D eigenvalue weighted by Crippen LogP contribution is 2.57. The molecule has 6 atom stereocenters. The van der Waals surface area contributed by atoms with E-state index in [-0.39, 0.29) is 35.7 Å². The van der Waals surface area contributed by atoms with E-state index < -0.39 is 24.3 Å². The van der Waals surface area contributed by atoms with Crippen LogP contribution in [-0.4, -0.2) is 93.1 Å². The van der Waals surface area contributed by atoms with Crippen molar-refractivity contribution < 1.29 is 28.7 Å². The van der Waals surface area contributed by atoms with Crippen molar-refractivity contribution in [1.29, 1.82) is 0 Å². The van der Waals surface area contributed by atoms with Gasteiger partial charge in [0, 0.05) is 18.0 Å². The van der Waals surface area contributed by atoms with Crippen LogP contribution in [0.5, 0.6) is 0 Å². The molecule has 9 rings (SSSR count). The lowest BCUT2D eigenvalue weighted by Crippen LogP contribution is -2.51. The molecule has 1 saturated carbocycles. The lowest BCUT2D eigenvalue weighted by molar-refractivity contribution is -0.136. The van der Waals surface area contributed by atoms with Crippen LogP contribution in [0.15, 0.2) is 48.7 Å². The summed E-state index contributed by atoms with van der Waals surface area (Å²) in [7, 11) is 2.61. The number of H-pyrrole nitrogens is 2. The van der Waals surface area contributed by atoms with E-state index in [0.29, 0.717) is 24.9 Å². The predicted molar refractivity (Wildman–Crippen MR) is 237 cm³/mol. The van der Waals surface area contributed by atoms with Crippen LogP contribution in [0.25, 0.3) is 43.2 Å². The average molecular weight is 861 g/mol. The molecule has 3 fully saturated rings. The summed E-state index contributed by atoms with van der Waals surface area (Å²) in [4.78, 5) is 74.6. The van der Waals surface area contributed by atoms with Crippen molar-refractivity contribution in [1.82, 2.24) is 40.4 Å². The number of rotatable bonds is 11. The highest BCUT2D eigenvalue weighted by atomic mass is 32.1. The van der Waals surface area contributed by atoms with Crippen LogP contribution in [0, 0.1) is 17.8 Å². The number of carbonyl (C=O) groups excluding carboxylic acids is 4. The third-order valence-electron chi connectivity index (χ3n) is 13.6. The van der Waals surface area contributed by atoms with Gasteiger partial charge in [-0.1, -0.05) is 45.9 Å². The molecule has 14 nitrogen and oxygen atoms in total. The molecular formula is C47H56N8O6S. The molecule has 2 aliphatic heterocycles. The Kier molecular flexibility index (Phi) is 11.3. The summed E-state index contributed by atoms with van der Waals surface area (Å²) in [5.74, 6) is 2.28. The van der Waals surface area contributed by atoms with Gasteiger partial charge in [0.15, 0.2) is 0 Å². The van der Waals surface area contributed by atoms with Gasteiger partial charge in [-0.15, -0.1) is 11.3 Å². The van der Waals surface area contributed by atoms with Gasteiger partial charge >= 0.3 is 12.2 Å². The van der Waals surface area contributed by atoms with Crippen LogP contribution in [0.3, 0.4) is 0 Å². The van der Waals surface area contributed by atoms with Gasteiger partial charge in [0.2, 0.25) is 11.8 Å². The molecule has 4 N–H and O–H groups in total. The van der Waals surface area contributed by atoms with E-state index in [4.69, 9.17) is 19.4 Å². The number of aromatic amines is 2. The van der Waals surface area contributed by atoms with Gasteiger partial charge in [-0.2, -0.15) is 0 Å². The van der Waals surface area contributed by atoms with Crippen LogP contribution in [0.1, 0.15) is 107 Å². The van der Waals surface area contributed by atoms with E-state index in [1.165, 1.54) is 54.2 Å². The minimum absolute atomic E-state index is 0.102. The quantitative estimate of drug-likeness (QED) is 0.102. The number of nitrogens with zero attached hydrogens (tertiary/aromatic N) is 4. The minimum atomic E-state index is -0.687. The van der Waals surface area contributed by atoms with Crippen molar-refractivity contribution in [3.8, 4) is 32.1 Å². The summed E-state index contributed by atoms with van der Waals surface area (Å²) in [5.41, 5.74) is 9.34. The minimum Gasteiger partial charge on any atom is -0.453 e. The zero-order valence-corrected chi connectivity index (χ0v) is 37.1. The zero-order valence-electron chi connectivity index (χ0n) is 36.2. The Morgan fingerprint density at radius 1 is 0.758 bits per heavy atom. The number of methoxy groups -OCH3 is 2. The maximum atomic E-state index is 13.8. The summed E-state index contributed by atoms with van der Waals surface area (Å²) in [5, 5.41) is 5.47. The average Bonchev–Trinajstić information content (AvgIpc) is 4.11. The number of hydrogen-bond acceptors (Lipinski definition) is 9. The highest BCUT2D eigenvalue weighted by molar-refractivity contribution is 7.18. The molecule has 5 aromatic rings. The van der Waals surface area contributed by atoms with Crippen LogP contribution >= 0.6 is 11.3 Å². The third kappa shape index (κ3) is 7.51. The second kappa shape index (κ2) is 16.9. The molecule has 15 heteroatoms. The summed E-state index contributed by atoms with van der Waals surface area (Å²) < 4.78 is 9.62. The van der Waals surface area contributed by atoms with Crippen molar-refractivity contribution in [3.05, 3.63) is 71.4 Å². The molecule has 62 heavy (non-hydrogen) atoms. The van der Waals surface area contributed by atoms with Gasteiger partial charge in [0.1, 0.15) is 23.7 Å². The zero-order chi connectivity index (χ0) is 43.4. The molecule has 0 spiro atoms. The molecule has 3 aromatic heterocycles. The molecular weight excluding hydrogens is 805 g/mol. The van der Waals surface area contributed by atoms with Gasteiger partial charge in [-0.05, 0) is 121 Å². The third-order valence-corrected chi connectivity index (χ3v) is 14.8. The van der Waals surface area contributed by atoms with Crippen LogP contribution < -0.4 is 10.6 Å². The number of thiophene rings is 1. The second-order valence-electron chi connectivity index (χ2n) is 18.0. The van der Waals surface area contributed by atoms with Gasteiger partial charge in [-0.3, -0.25) is 9.59 Å². The maximum Gasteiger partial charge on any atom is 0.407 e. The van der Waals surface area contributed by atoms with E-state index in [0.717, 1.165) is 70.9 Å². The largest absolute Gasteiger partial charge is 0.453 e. The van der Waals surface area contributed by atoms with Crippen LogP contribution in [0.4, 0.5) is 9.59 Å². The van der Waals surface area contributed by atoms with Gasteiger partial charge in [0.05, 0.1) is 54.1 Å². The summed E-state index contributed by atoms with van der Waals surface area (Å²) in [6.45, 7) is 8.89. The number of amides is 4. The Bertz CT molecular complexity index is 2520. The molecule has 0 bridgehead atoms. The molecule has 2 unspecified atom stereocenters. The Balaban J connectivity index is 0.959. The summed E-state index contributed by atoms with van der Waals surface area (Å²) >= 11 is 1.76. The van der Waals surface area contributed by atoms with E-state index in [2.05, 4.69) is 63.1 Å². The van der Waals surface area contributed by atoms with E-state index in [1.54, 1.807) is 11.3 Å². The van der Waals surface area contributed by atoms with E-state index >= 15 is 0 Å². The number of alkyl carbamates (subject to hydrolysis) is 2. The number of fused-ring (bicyclic) bond motifs is 4. The number of benzene rings is 2. The first-order chi connectivity index (χ1) is 29.9. The van der Waals surface area contributed by atoms with Crippen molar-refractivity contribution in [3.63, 3.8) is 0 Å². The van der Waals surface area contributed by atoms with Crippen LogP contribution in [0.2, 0.25) is 0 Å². The Morgan fingerprint density at radius 3 is 2.00 bits per heavy atom. The second-order valence-corrected chi connectivity index (χ2v) is 19.1. The fourth-order valence-electron chi connectivity index (χ4n) is 10.2. The van der Waals surface area contributed by atoms with E-state index in [1.807, 2.05) is 43.7 Å². The van der Waals surface area contributed by atoms with Crippen LogP contribution in [-0.2, 0) is 25.5 Å². The monoisotopic (exact) mass is 860 g/mol. The molecule has 0 radical (unpaired) electrons. The lowest BCUT2D eigenvalue weighted by atomic mass is 9.73. The number of ether oxygens (including phenoxy) is 2. The standard InChI is InChI=1S/C47H56N8O6S/c1-24(2)40(52-46(58)60-5)44(56)54-19-7-9-35(54)42-48-23-34(51-42)38-18-17-37(62-38)30-15-14-28(31-21-26-11-13-29(26)39(30)31)27-12-16-32-33(22-27)50-43(49-32)36-10-8-20-55(36)45(57)41(25(3)4)53-47(59)61-6/h12,14-18,22-26,29,35-36,40-41H,7-11,13,19-21H2,1-6H3,(H,48,51)(H,49,50)(H,52,58)(H,53,59)/t26?,29?,35-,36-,40-,41-/m0/s1. The Morgan fingerprint density at radius 2 is 1.39 bits per heavy atom. The molecule has 2 saturated heterocycles. The first kappa shape index (κ1) is 41.6. The van der Waals surface area contributed by atoms with Gasteiger partial charge in [-0.25, -0.2) is 19.6 Å². The number of aromatic nitrogens is 4. The van der Waals surface area contributed by atoms with Crippen molar-refractivity contribution in [2.24, 2.45) is 17.8 Å². The number of nitrogens with one attached hydrogen (secondary N) is 4. The number of hydrogen-bond donors (Lipinski definition) is 4. The summed E-state index contributed by atoms with van der Waals surface area (Å²) in [6, 6.07) is 13.7. The number of likely N-dealkylation sites (tertiary alicyclic amines) is 2. The van der Waals surface area contributed by atoms with Crippen molar-refractivity contribution >= 4 is 46.4 Å². The normalized spacial score (nSPS) is 21.5. The first-order valence-corrected chi connectivity index (χ1v) is 22.9. The predicted octanol–water partition coefficient (Wildman–Crippen LogP) is 8.49. The molecule has 5 heterocycles. The topological polar surface area (TPSA) is 175 Å². The number of imidazole rings is 2.